The quantitative estimate of drug-likeness (QED) is 0.750. The molecule has 0 radical (unpaired) electrons. The lowest BCUT2D eigenvalue weighted by molar-refractivity contribution is 0.0698. The van der Waals surface area contributed by atoms with Gasteiger partial charge < -0.3 is 15.7 Å². The summed E-state index contributed by atoms with van der Waals surface area (Å²) < 4.78 is 0. The molecule has 0 unspecified atom stereocenters. The van der Waals surface area contributed by atoms with Crippen LogP contribution in [-0.4, -0.2) is 34.8 Å². The van der Waals surface area contributed by atoms with Crippen molar-refractivity contribution in [1.82, 2.24) is 10.6 Å². The molecule has 1 aliphatic carbocycles. The molecule has 2 amide bonds. The molecular weight excluding hydrogens is 296 g/mol. The molecular formula is C17H24N2O2S. The van der Waals surface area contributed by atoms with Gasteiger partial charge in [0.15, 0.2) is 0 Å². The van der Waals surface area contributed by atoms with Crippen molar-refractivity contribution < 1.29 is 9.90 Å². The third-order valence-electron chi connectivity index (χ3n) is 4.59. The maximum atomic E-state index is 12.2. The molecule has 1 fully saturated rings. The van der Waals surface area contributed by atoms with E-state index in [0.717, 1.165) is 31.4 Å². The van der Waals surface area contributed by atoms with Gasteiger partial charge in [0, 0.05) is 12.3 Å². The van der Waals surface area contributed by atoms with Crippen LogP contribution in [0.2, 0.25) is 0 Å². The van der Waals surface area contributed by atoms with Gasteiger partial charge in [-0.15, -0.1) is 0 Å². The number of aliphatic hydroxyl groups is 1. The average Bonchev–Trinajstić information content (AvgIpc) is 2.86. The number of fused-ring (bicyclic) bond motifs is 1. The van der Waals surface area contributed by atoms with E-state index in [1.54, 1.807) is 11.8 Å². The summed E-state index contributed by atoms with van der Waals surface area (Å²) in [5.41, 5.74) is 1.85. The van der Waals surface area contributed by atoms with Gasteiger partial charge in [-0.3, -0.25) is 0 Å². The van der Waals surface area contributed by atoms with Crippen LogP contribution in [-0.2, 0) is 6.42 Å². The van der Waals surface area contributed by atoms with E-state index in [4.69, 9.17) is 0 Å². The van der Waals surface area contributed by atoms with Crippen molar-refractivity contribution in [2.45, 2.75) is 43.7 Å². The van der Waals surface area contributed by atoms with Crippen LogP contribution in [0.25, 0.3) is 0 Å². The number of nitrogens with one attached hydrogen (secondary N) is 2. The number of aryl methyl sites for hydroxylation is 1. The van der Waals surface area contributed by atoms with E-state index in [-0.39, 0.29) is 12.1 Å². The van der Waals surface area contributed by atoms with Crippen LogP contribution in [0, 0.1) is 0 Å². The van der Waals surface area contributed by atoms with Crippen molar-refractivity contribution in [3.63, 3.8) is 0 Å². The molecule has 2 aliphatic rings. The molecule has 0 saturated carbocycles. The SMILES string of the molecule is O=C(NC[C@@]1(O)CCSC1)N[C@@H]1CCCCc2ccccc21. The van der Waals surface area contributed by atoms with Crippen LogP contribution in [0.1, 0.15) is 42.9 Å². The molecule has 1 aromatic carbocycles. The van der Waals surface area contributed by atoms with Crippen molar-refractivity contribution >= 4 is 17.8 Å². The first-order valence-electron chi connectivity index (χ1n) is 8.09. The molecule has 2 atom stereocenters. The van der Waals surface area contributed by atoms with E-state index in [1.807, 2.05) is 6.07 Å². The molecule has 22 heavy (non-hydrogen) atoms. The molecule has 3 rings (SSSR count). The van der Waals surface area contributed by atoms with Gasteiger partial charge in [-0.25, -0.2) is 4.79 Å². The van der Waals surface area contributed by atoms with E-state index in [2.05, 4.69) is 28.8 Å². The second kappa shape index (κ2) is 6.92. The fourth-order valence-electron chi connectivity index (χ4n) is 3.26. The Morgan fingerprint density at radius 1 is 1.36 bits per heavy atom. The first-order chi connectivity index (χ1) is 10.7. The van der Waals surface area contributed by atoms with Gasteiger partial charge in [-0.1, -0.05) is 30.7 Å². The molecule has 0 spiro atoms. The number of carbonyl (C=O) groups excluding carboxylic acids is 1. The topological polar surface area (TPSA) is 61.4 Å². The summed E-state index contributed by atoms with van der Waals surface area (Å²) in [5.74, 6) is 1.68. The summed E-state index contributed by atoms with van der Waals surface area (Å²) in [6, 6.07) is 8.28. The molecule has 3 N–H and O–H groups in total. The number of benzene rings is 1. The van der Waals surface area contributed by atoms with Crippen LogP contribution < -0.4 is 10.6 Å². The van der Waals surface area contributed by atoms with Crippen molar-refractivity contribution in [3.8, 4) is 0 Å². The Kier molecular flexibility index (Phi) is 4.93. The third kappa shape index (κ3) is 3.76. The highest BCUT2D eigenvalue weighted by atomic mass is 32.2. The zero-order valence-corrected chi connectivity index (χ0v) is 13.6. The Hall–Kier alpha value is -1.20. The van der Waals surface area contributed by atoms with Crippen LogP contribution in [0.5, 0.6) is 0 Å². The fraction of sp³-hybridized carbons (Fsp3) is 0.588. The highest BCUT2D eigenvalue weighted by molar-refractivity contribution is 7.99. The number of hydrogen-bond donors (Lipinski definition) is 3. The zero-order chi connectivity index (χ0) is 15.4. The first-order valence-corrected chi connectivity index (χ1v) is 9.24. The van der Waals surface area contributed by atoms with Gasteiger partial charge in [0.2, 0.25) is 0 Å². The number of carbonyl (C=O) groups is 1. The minimum absolute atomic E-state index is 0.0753. The Balaban J connectivity index is 1.59. The van der Waals surface area contributed by atoms with E-state index >= 15 is 0 Å². The molecule has 0 aromatic heterocycles. The number of rotatable bonds is 3. The average molecular weight is 320 g/mol. The lowest BCUT2D eigenvalue weighted by Crippen LogP contribution is -2.47. The number of amides is 2. The summed E-state index contributed by atoms with van der Waals surface area (Å²) in [6.45, 7) is 0.334. The maximum absolute atomic E-state index is 12.2. The Morgan fingerprint density at radius 2 is 2.23 bits per heavy atom. The summed E-state index contributed by atoms with van der Waals surface area (Å²) in [4.78, 5) is 12.2. The third-order valence-corrected chi connectivity index (χ3v) is 5.82. The Bertz CT molecular complexity index is 529. The number of thioether (sulfide) groups is 1. The van der Waals surface area contributed by atoms with Crippen molar-refractivity contribution in [2.75, 3.05) is 18.1 Å². The van der Waals surface area contributed by atoms with Crippen LogP contribution >= 0.6 is 11.8 Å². The van der Waals surface area contributed by atoms with Crippen molar-refractivity contribution in [2.24, 2.45) is 0 Å². The zero-order valence-electron chi connectivity index (χ0n) is 12.8. The monoisotopic (exact) mass is 320 g/mol. The van der Waals surface area contributed by atoms with Gasteiger partial charge in [0.25, 0.3) is 0 Å². The molecule has 1 aliphatic heterocycles. The molecule has 4 nitrogen and oxygen atoms in total. The summed E-state index contributed by atoms with van der Waals surface area (Å²) in [5, 5.41) is 16.2. The second-order valence-corrected chi connectivity index (χ2v) is 7.46. The van der Waals surface area contributed by atoms with Crippen LogP contribution in [0.15, 0.2) is 24.3 Å². The maximum Gasteiger partial charge on any atom is 0.315 e. The summed E-state index contributed by atoms with van der Waals surface area (Å²) in [6.07, 6.45) is 5.12. The smallest absolute Gasteiger partial charge is 0.315 e. The first kappa shape index (κ1) is 15.7. The van der Waals surface area contributed by atoms with Crippen molar-refractivity contribution in [1.29, 1.82) is 0 Å². The molecule has 1 heterocycles. The summed E-state index contributed by atoms with van der Waals surface area (Å²) >= 11 is 1.74. The van der Waals surface area contributed by atoms with Crippen molar-refractivity contribution in [3.05, 3.63) is 35.4 Å². The summed E-state index contributed by atoms with van der Waals surface area (Å²) in [7, 11) is 0. The van der Waals surface area contributed by atoms with Gasteiger partial charge in [-0.05, 0) is 42.6 Å². The Morgan fingerprint density at radius 3 is 3.05 bits per heavy atom. The largest absolute Gasteiger partial charge is 0.387 e. The normalized spacial score (nSPS) is 27.8. The molecule has 5 heteroatoms. The standard InChI is InChI=1S/C17H24N2O2S/c20-16(18-11-17(21)9-10-22-12-17)19-15-8-4-2-6-13-5-1-3-7-14(13)15/h1,3,5,7,15,21H,2,4,6,8-12H2,(H2,18,19,20)/t15-,17+/m1/s1. The highest BCUT2D eigenvalue weighted by Gasteiger charge is 2.32. The van der Waals surface area contributed by atoms with E-state index in [0.29, 0.717) is 12.3 Å². The Labute approximate surface area is 136 Å². The van der Waals surface area contributed by atoms with E-state index in [9.17, 15) is 9.90 Å². The van der Waals surface area contributed by atoms with Gasteiger partial charge >= 0.3 is 6.03 Å². The fourth-order valence-corrected chi connectivity index (χ4v) is 4.56. The molecule has 1 saturated heterocycles. The predicted molar refractivity (Wildman–Crippen MR) is 90.2 cm³/mol. The van der Waals surface area contributed by atoms with Gasteiger partial charge in [-0.2, -0.15) is 11.8 Å². The second-order valence-electron chi connectivity index (χ2n) is 6.35. The lowest BCUT2D eigenvalue weighted by Gasteiger charge is -2.24. The van der Waals surface area contributed by atoms with Crippen LogP contribution in [0.3, 0.4) is 0 Å². The lowest BCUT2D eigenvalue weighted by atomic mass is 9.99. The van der Waals surface area contributed by atoms with E-state index in [1.165, 1.54) is 17.5 Å². The number of urea groups is 1. The highest BCUT2D eigenvalue weighted by Crippen LogP contribution is 2.29. The molecule has 0 bridgehead atoms. The van der Waals surface area contributed by atoms with Crippen LogP contribution in [0.4, 0.5) is 4.79 Å². The minimum Gasteiger partial charge on any atom is -0.387 e. The number of hydrogen-bond acceptors (Lipinski definition) is 3. The minimum atomic E-state index is -0.733. The molecule has 1 aromatic rings. The predicted octanol–water partition coefficient (Wildman–Crippen LogP) is 2.62. The molecule has 120 valence electrons. The van der Waals surface area contributed by atoms with Gasteiger partial charge in [0.05, 0.1) is 11.6 Å². The van der Waals surface area contributed by atoms with Gasteiger partial charge in [0.1, 0.15) is 0 Å². The van der Waals surface area contributed by atoms with E-state index < -0.39 is 5.60 Å².